The highest BCUT2D eigenvalue weighted by Crippen LogP contribution is 2.19. The van der Waals surface area contributed by atoms with Crippen LogP contribution in [0.3, 0.4) is 0 Å². The van der Waals surface area contributed by atoms with Gasteiger partial charge in [0.25, 0.3) is 0 Å². The summed E-state index contributed by atoms with van der Waals surface area (Å²) in [6.45, 7) is 9.59. The van der Waals surface area contributed by atoms with Gasteiger partial charge in [-0.05, 0) is 13.3 Å². The van der Waals surface area contributed by atoms with Crippen molar-refractivity contribution in [3.8, 4) is 0 Å². The lowest BCUT2D eigenvalue weighted by Gasteiger charge is -2.26. The molecule has 0 amide bonds. The summed E-state index contributed by atoms with van der Waals surface area (Å²) in [5, 5.41) is 3.40. The highest BCUT2D eigenvalue weighted by atomic mass is 16.5. The Bertz CT molecular complexity index is 447. The van der Waals surface area contributed by atoms with Crippen molar-refractivity contribution in [2.24, 2.45) is 5.84 Å². The quantitative estimate of drug-likeness (QED) is 0.505. The third-order valence-corrected chi connectivity index (χ3v) is 3.63. The molecule has 1 saturated heterocycles. The van der Waals surface area contributed by atoms with Gasteiger partial charge in [0, 0.05) is 38.2 Å². The molecule has 0 radical (unpaired) electrons. The summed E-state index contributed by atoms with van der Waals surface area (Å²) in [5.74, 6) is 7.93. The summed E-state index contributed by atoms with van der Waals surface area (Å²) < 4.78 is 5.35. The van der Waals surface area contributed by atoms with E-state index < -0.39 is 0 Å². The van der Waals surface area contributed by atoms with Crippen LogP contribution in [-0.4, -0.2) is 54.3 Å². The van der Waals surface area contributed by atoms with E-state index in [1.165, 1.54) is 0 Å². The van der Waals surface area contributed by atoms with Crippen LogP contribution < -0.4 is 16.6 Å². The number of morpholine rings is 1. The molecule has 7 heteroatoms. The lowest BCUT2D eigenvalue weighted by atomic mass is 10.2. The van der Waals surface area contributed by atoms with E-state index in [-0.39, 0.29) is 0 Å². The van der Waals surface area contributed by atoms with Crippen LogP contribution in [0.25, 0.3) is 0 Å². The van der Waals surface area contributed by atoms with E-state index in [0.717, 1.165) is 69.4 Å². The van der Waals surface area contributed by atoms with Crippen molar-refractivity contribution in [1.82, 2.24) is 14.9 Å². The number of aromatic nitrogens is 2. The summed E-state index contributed by atoms with van der Waals surface area (Å²) in [6, 6.07) is 0. The fourth-order valence-electron chi connectivity index (χ4n) is 2.37. The summed E-state index contributed by atoms with van der Waals surface area (Å²) in [4.78, 5) is 11.4. The van der Waals surface area contributed by atoms with Gasteiger partial charge in [0.1, 0.15) is 17.5 Å². The molecule has 0 unspecified atom stereocenters. The molecule has 0 saturated carbocycles. The fourth-order valence-corrected chi connectivity index (χ4v) is 2.37. The van der Waals surface area contributed by atoms with Crippen LogP contribution in [0.15, 0.2) is 0 Å². The van der Waals surface area contributed by atoms with Gasteiger partial charge in [0.05, 0.1) is 13.2 Å². The van der Waals surface area contributed by atoms with E-state index in [1.54, 1.807) is 0 Å². The molecule has 21 heavy (non-hydrogen) atoms. The standard InChI is InChI=1S/C14H26N6O/c1-3-4-12-17-13(11(2)14(18-12)19-15)16-5-6-20-7-9-21-10-8-20/h3-10,15H2,1-2H3,(H2,16,17,18,19). The molecule has 0 aromatic carbocycles. The first kappa shape index (κ1) is 15.9. The molecule has 2 rings (SSSR count). The van der Waals surface area contributed by atoms with E-state index in [4.69, 9.17) is 10.6 Å². The Balaban J connectivity index is 1.95. The highest BCUT2D eigenvalue weighted by Gasteiger charge is 2.12. The molecule has 1 aliphatic rings. The van der Waals surface area contributed by atoms with Crippen molar-refractivity contribution in [3.63, 3.8) is 0 Å². The summed E-state index contributed by atoms with van der Waals surface area (Å²) in [7, 11) is 0. The second-order valence-corrected chi connectivity index (χ2v) is 5.24. The molecule has 0 aliphatic carbocycles. The van der Waals surface area contributed by atoms with Crippen molar-refractivity contribution in [1.29, 1.82) is 0 Å². The molecule has 1 aromatic heterocycles. The van der Waals surface area contributed by atoms with Crippen molar-refractivity contribution in [2.45, 2.75) is 26.7 Å². The number of nitrogens with one attached hydrogen (secondary N) is 2. The predicted octanol–water partition coefficient (Wildman–Crippen LogP) is 0.767. The lowest BCUT2D eigenvalue weighted by Crippen LogP contribution is -2.39. The Morgan fingerprint density at radius 1 is 1.24 bits per heavy atom. The number of nitrogens with two attached hydrogens (primary N) is 1. The summed E-state index contributed by atoms with van der Waals surface area (Å²) >= 11 is 0. The topological polar surface area (TPSA) is 88.3 Å². The number of hydrogen-bond acceptors (Lipinski definition) is 7. The van der Waals surface area contributed by atoms with E-state index in [2.05, 4.69) is 32.5 Å². The molecule has 0 atom stereocenters. The van der Waals surface area contributed by atoms with Crippen molar-refractivity contribution in [2.75, 3.05) is 50.1 Å². The van der Waals surface area contributed by atoms with Gasteiger partial charge in [-0.25, -0.2) is 15.8 Å². The van der Waals surface area contributed by atoms with Gasteiger partial charge in [-0.2, -0.15) is 0 Å². The number of hydrazine groups is 1. The molecule has 7 nitrogen and oxygen atoms in total. The Kier molecular flexibility index (Phi) is 6.16. The van der Waals surface area contributed by atoms with E-state index in [0.29, 0.717) is 5.82 Å². The molecular weight excluding hydrogens is 268 g/mol. The number of nitrogen functional groups attached to an aromatic ring is 1. The van der Waals surface area contributed by atoms with Gasteiger partial charge in [-0.15, -0.1) is 0 Å². The number of ether oxygens (including phenoxy) is 1. The Hall–Kier alpha value is -1.44. The van der Waals surface area contributed by atoms with Gasteiger partial charge < -0.3 is 15.5 Å². The average Bonchev–Trinajstić information content (AvgIpc) is 2.51. The molecule has 1 fully saturated rings. The highest BCUT2D eigenvalue weighted by molar-refractivity contribution is 5.56. The van der Waals surface area contributed by atoms with Gasteiger partial charge in [-0.1, -0.05) is 6.92 Å². The van der Waals surface area contributed by atoms with Crippen LogP contribution in [-0.2, 0) is 11.2 Å². The van der Waals surface area contributed by atoms with E-state index >= 15 is 0 Å². The molecule has 0 spiro atoms. The van der Waals surface area contributed by atoms with E-state index in [9.17, 15) is 0 Å². The summed E-state index contributed by atoms with van der Waals surface area (Å²) in [6.07, 6.45) is 1.87. The maximum absolute atomic E-state index is 5.54. The largest absolute Gasteiger partial charge is 0.379 e. The molecule has 0 bridgehead atoms. The zero-order valence-electron chi connectivity index (χ0n) is 13.0. The Labute approximate surface area is 126 Å². The smallest absolute Gasteiger partial charge is 0.148 e. The van der Waals surface area contributed by atoms with Gasteiger partial charge >= 0.3 is 0 Å². The van der Waals surface area contributed by atoms with Crippen LogP contribution in [0, 0.1) is 6.92 Å². The van der Waals surface area contributed by atoms with Crippen LogP contribution >= 0.6 is 0 Å². The maximum atomic E-state index is 5.54. The van der Waals surface area contributed by atoms with Gasteiger partial charge in [0.2, 0.25) is 0 Å². The fraction of sp³-hybridized carbons (Fsp3) is 0.714. The van der Waals surface area contributed by atoms with Crippen LogP contribution in [0.1, 0.15) is 24.7 Å². The summed E-state index contributed by atoms with van der Waals surface area (Å²) in [5.41, 5.74) is 3.61. The maximum Gasteiger partial charge on any atom is 0.148 e. The zero-order valence-corrected chi connectivity index (χ0v) is 13.0. The minimum Gasteiger partial charge on any atom is -0.379 e. The third-order valence-electron chi connectivity index (χ3n) is 3.63. The first-order chi connectivity index (χ1) is 10.2. The normalized spacial score (nSPS) is 16.0. The molecule has 2 heterocycles. The number of rotatable bonds is 7. The molecule has 118 valence electrons. The first-order valence-electron chi connectivity index (χ1n) is 7.62. The second-order valence-electron chi connectivity index (χ2n) is 5.24. The van der Waals surface area contributed by atoms with Crippen LogP contribution in [0.5, 0.6) is 0 Å². The predicted molar refractivity (Wildman–Crippen MR) is 84.3 cm³/mol. The average molecular weight is 294 g/mol. The monoisotopic (exact) mass is 294 g/mol. The van der Waals surface area contributed by atoms with Crippen LogP contribution in [0.4, 0.5) is 11.6 Å². The Morgan fingerprint density at radius 3 is 2.62 bits per heavy atom. The van der Waals surface area contributed by atoms with E-state index in [1.807, 2.05) is 6.92 Å². The second kappa shape index (κ2) is 8.11. The minimum atomic E-state index is 0.697. The Morgan fingerprint density at radius 2 is 1.95 bits per heavy atom. The number of nitrogens with zero attached hydrogens (tertiary/aromatic N) is 3. The van der Waals surface area contributed by atoms with Crippen LogP contribution in [0.2, 0.25) is 0 Å². The number of anilines is 2. The first-order valence-corrected chi connectivity index (χ1v) is 7.62. The minimum absolute atomic E-state index is 0.697. The van der Waals surface area contributed by atoms with Crippen molar-refractivity contribution in [3.05, 3.63) is 11.4 Å². The van der Waals surface area contributed by atoms with Crippen molar-refractivity contribution >= 4 is 11.6 Å². The molecular formula is C14H26N6O. The number of aryl methyl sites for hydroxylation is 1. The van der Waals surface area contributed by atoms with Gasteiger partial charge in [-0.3, -0.25) is 4.90 Å². The SMILES string of the molecule is CCCc1nc(NN)c(C)c(NCCN2CCOCC2)n1. The van der Waals surface area contributed by atoms with Gasteiger partial charge in [0.15, 0.2) is 0 Å². The number of hydrogen-bond donors (Lipinski definition) is 3. The lowest BCUT2D eigenvalue weighted by molar-refractivity contribution is 0.0398. The molecule has 1 aliphatic heterocycles. The van der Waals surface area contributed by atoms with Crippen molar-refractivity contribution < 1.29 is 4.74 Å². The zero-order chi connectivity index (χ0) is 15.1. The third kappa shape index (κ3) is 4.52. The molecule has 1 aromatic rings. The molecule has 4 N–H and O–H groups in total.